The molecule has 5 rings (SSSR count). The molecule has 2 amide bonds. The van der Waals surface area contributed by atoms with E-state index < -0.39 is 23.5 Å². The van der Waals surface area contributed by atoms with Crippen LogP contribution >= 0.6 is 11.3 Å². The van der Waals surface area contributed by atoms with E-state index in [2.05, 4.69) is 15.2 Å². The van der Waals surface area contributed by atoms with E-state index in [0.29, 0.717) is 42.3 Å². The zero-order chi connectivity index (χ0) is 24.7. The summed E-state index contributed by atoms with van der Waals surface area (Å²) in [6.45, 7) is 2.29. The maximum absolute atomic E-state index is 14.7. The predicted octanol–water partition coefficient (Wildman–Crippen LogP) is 3.91. The minimum absolute atomic E-state index is 0.0336. The highest BCUT2D eigenvalue weighted by Crippen LogP contribution is 2.32. The summed E-state index contributed by atoms with van der Waals surface area (Å²) < 4.78 is 52.9. The lowest BCUT2D eigenvalue weighted by Gasteiger charge is -2.51. The number of carbonyl (C=O) groups excluding carboxylic acids is 2. The molecule has 0 radical (unpaired) electrons. The second-order valence-corrected chi connectivity index (χ2v) is 9.49. The van der Waals surface area contributed by atoms with Crippen LogP contribution in [0.15, 0.2) is 54.0 Å². The molecule has 2 aliphatic heterocycles. The fourth-order valence-electron chi connectivity index (χ4n) is 4.23. The van der Waals surface area contributed by atoms with Gasteiger partial charge in [0, 0.05) is 43.8 Å². The van der Waals surface area contributed by atoms with Crippen LogP contribution in [0.25, 0.3) is 11.1 Å². The van der Waals surface area contributed by atoms with Gasteiger partial charge >= 0.3 is 6.18 Å². The van der Waals surface area contributed by atoms with E-state index in [9.17, 15) is 27.2 Å². The van der Waals surface area contributed by atoms with Crippen molar-refractivity contribution >= 4 is 23.2 Å². The van der Waals surface area contributed by atoms with Crippen molar-refractivity contribution in [3.63, 3.8) is 0 Å². The number of nitrogens with zero attached hydrogens (tertiary/aromatic N) is 3. The van der Waals surface area contributed by atoms with Gasteiger partial charge in [0.1, 0.15) is 5.82 Å². The summed E-state index contributed by atoms with van der Waals surface area (Å²) in [6.07, 6.45) is -2.86. The number of benzene rings is 2. The summed E-state index contributed by atoms with van der Waals surface area (Å²) in [4.78, 5) is 32.5. The van der Waals surface area contributed by atoms with Crippen LogP contribution in [0.3, 0.4) is 0 Å². The van der Waals surface area contributed by atoms with E-state index in [1.54, 1.807) is 16.5 Å². The third-order valence-electron chi connectivity index (χ3n) is 6.28. The Morgan fingerprint density at radius 2 is 1.69 bits per heavy atom. The molecular weight excluding hydrogens is 484 g/mol. The lowest BCUT2D eigenvalue weighted by Crippen LogP contribution is -2.70. The number of hydrogen-bond acceptors (Lipinski definition) is 5. The highest BCUT2D eigenvalue weighted by atomic mass is 32.1. The van der Waals surface area contributed by atoms with Crippen LogP contribution in [-0.4, -0.2) is 64.9 Å². The molecule has 0 aliphatic carbocycles. The first-order valence-electron chi connectivity index (χ1n) is 10.9. The Balaban J connectivity index is 1.13. The van der Waals surface area contributed by atoms with Gasteiger partial charge in [-0.05, 0) is 35.4 Å². The first-order chi connectivity index (χ1) is 16.7. The van der Waals surface area contributed by atoms with Gasteiger partial charge in [0.05, 0.1) is 17.2 Å². The quantitative estimate of drug-likeness (QED) is 0.536. The average Bonchev–Trinajstić information content (AvgIpc) is 3.30. The number of aromatic nitrogens is 1. The Labute approximate surface area is 202 Å². The molecule has 0 unspecified atom stereocenters. The molecule has 2 aliphatic rings. The van der Waals surface area contributed by atoms with Crippen LogP contribution < -0.4 is 5.32 Å². The molecule has 11 heteroatoms. The Kier molecular flexibility index (Phi) is 6.06. The third kappa shape index (κ3) is 4.78. The summed E-state index contributed by atoms with van der Waals surface area (Å²) in [5, 5.41) is 5.10. The van der Waals surface area contributed by atoms with Crippen molar-refractivity contribution in [2.45, 2.75) is 18.3 Å². The molecule has 0 atom stereocenters. The lowest BCUT2D eigenvalue weighted by atomic mass is 9.97. The number of halogens is 4. The van der Waals surface area contributed by atoms with Crippen molar-refractivity contribution in [2.75, 3.05) is 26.2 Å². The maximum Gasteiger partial charge on any atom is 0.416 e. The molecule has 1 N–H and O–H groups in total. The van der Waals surface area contributed by atoms with Gasteiger partial charge in [-0.15, -0.1) is 11.3 Å². The van der Waals surface area contributed by atoms with Crippen LogP contribution in [0.1, 0.15) is 25.7 Å². The number of alkyl halides is 3. The largest absolute Gasteiger partial charge is 0.416 e. The van der Waals surface area contributed by atoms with Gasteiger partial charge in [0.2, 0.25) is 0 Å². The Bertz CT molecular complexity index is 1240. The second kappa shape index (κ2) is 9.04. The van der Waals surface area contributed by atoms with E-state index in [4.69, 9.17) is 0 Å². The van der Waals surface area contributed by atoms with Crippen molar-refractivity contribution in [2.24, 2.45) is 0 Å². The third-order valence-corrected chi connectivity index (χ3v) is 7.05. The molecule has 0 spiro atoms. The molecule has 3 heterocycles. The van der Waals surface area contributed by atoms with E-state index >= 15 is 0 Å². The summed E-state index contributed by atoms with van der Waals surface area (Å²) in [5.41, 5.74) is -0.0394. The molecule has 182 valence electrons. The molecule has 3 aromatic rings. The van der Waals surface area contributed by atoms with Gasteiger partial charge in [0.25, 0.3) is 11.8 Å². The number of nitrogens with one attached hydrogen (secondary N) is 1. The minimum atomic E-state index is -4.44. The van der Waals surface area contributed by atoms with Crippen LogP contribution in [0.5, 0.6) is 0 Å². The molecule has 0 saturated carbocycles. The Morgan fingerprint density at radius 3 is 2.29 bits per heavy atom. The summed E-state index contributed by atoms with van der Waals surface area (Å²) >= 11 is 1.28. The maximum atomic E-state index is 14.7. The molecular formula is C24H20F4N4O2S. The Hall–Kier alpha value is -3.31. The van der Waals surface area contributed by atoms with Crippen molar-refractivity contribution < 1.29 is 27.2 Å². The highest BCUT2D eigenvalue weighted by molar-refractivity contribution is 7.11. The molecule has 1 aromatic heterocycles. The zero-order valence-corrected chi connectivity index (χ0v) is 19.1. The molecule has 2 aromatic carbocycles. The van der Waals surface area contributed by atoms with Crippen molar-refractivity contribution in [3.05, 3.63) is 76.0 Å². The molecule has 2 saturated heterocycles. The summed E-state index contributed by atoms with van der Waals surface area (Å²) in [5.74, 6) is -1.33. The second-order valence-electron chi connectivity index (χ2n) is 8.60. The molecule has 2 fully saturated rings. The summed E-state index contributed by atoms with van der Waals surface area (Å²) in [6, 6.07) is 8.69. The lowest BCUT2D eigenvalue weighted by molar-refractivity contribution is -0.137. The van der Waals surface area contributed by atoms with Gasteiger partial charge < -0.3 is 10.2 Å². The number of thiazole rings is 1. The fourth-order valence-corrected chi connectivity index (χ4v) is 4.77. The van der Waals surface area contributed by atoms with Gasteiger partial charge in [-0.3, -0.25) is 14.5 Å². The SMILES string of the molecule is O=C(NC1CN(C2CN(C(=O)c3ccc(-c4ccc(C(F)(F)F)cc4)cc3F)C2)C1)c1nccs1. The number of carbonyl (C=O) groups is 2. The number of amides is 2. The van der Waals surface area contributed by atoms with Gasteiger partial charge in [-0.1, -0.05) is 18.2 Å². The Morgan fingerprint density at radius 1 is 1.00 bits per heavy atom. The number of hydrogen-bond donors (Lipinski definition) is 1. The van der Waals surface area contributed by atoms with Crippen LogP contribution in [0, 0.1) is 5.82 Å². The van der Waals surface area contributed by atoms with Crippen LogP contribution in [-0.2, 0) is 6.18 Å². The number of rotatable bonds is 5. The first kappa shape index (κ1) is 23.4. The number of likely N-dealkylation sites (tertiary alicyclic amines) is 2. The van der Waals surface area contributed by atoms with Crippen molar-refractivity contribution in [3.8, 4) is 11.1 Å². The van der Waals surface area contributed by atoms with E-state index in [1.807, 2.05) is 0 Å². The van der Waals surface area contributed by atoms with Gasteiger partial charge in [0.15, 0.2) is 5.01 Å². The predicted molar refractivity (Wildman–Crippen MR) is 121 cm³/mol. The van der Waals surface area contributed by atoms with Gasteiger partial charge in [-0.25, -0.2) is 9.37 Å². The smallest absolute Gasteiger partial charge is 0.345 e. The van der Waals surface area contributed by atoms with Crippen molar-refractivity contribution in [1.29, 1.82) is 0 Å². The topological polar surface area (TPSA) is 65.5 Å². The zero-order valence-electron chi connectivity index (χ0n) is 18.3. The van der Waals surface area contributed by atoms with Crippen molar-refractivity contribution in [1.82, 2.24) is 20.1 Å². The standard InChI is InChI=1S/C24H20F4N4O2S/c25-20-9-15(14-1-4-16(5-2-14)24(26,27)28)3-6-19(20)23(34)32-12-18(13-32)31-10-17(11-31)30-21(33)22-29-7-8-35-22/h1-9,17-18H,10-13H2,(H,30,33). The minimum Gasteiger partial charge on any atom is -0.345 e. The van der Waals surface area contributed by atoms with E-state index in [0.717, 1.165) is 18.2 Å². The first-order valence-corrected chi connectivity index (χ1v) is 11.8. The van der Waals surface area contributed by atoms with E-state index in [1.165, 1.54) is 35.6 Å². The highest BCUT2D eigenvalue weighted by Gasteiger charge is 2.41. The van der Waals surface area contributed by atoms with Crippen LogP contribution in [0.2, 0.25) is 0 Å². The molecule has 0 bridgehead atoms. The molecule has 35 heavy (non-hydrogen) atoms. The average molecular weight is 505 g/mol. The summed E-state index contributed by atoms with van der Waals surface area (Å²) in [7, 11) is 0. The molecule has 6 nitrogen and oxygen atoms in total. The van der Waals surface area contributed by atoms with Gasteiger partial charge in [-0.2, -0.15) is 13.2 Å². The normalized spacial score (nSPS) is 17.1. The monoisotopic (exact) mass is 504 g/mol. The van der Waals surface area contributed by atoms with E-state index in [-0.39, 0.29) is 23.6 Å². The van der Waals surface area contributed by atoms with Crippen LogP contribution in [0.4, 0.5) is 17.6 Å². The fraction of sp³-hybridized carbons (Fsp3) is 0.292.